The Bertz CT molecular complexity index is 774. The number of rotatable bonds is 8. The Kier molecular flexibility index (Phi) is 10.4. The molecule has 3 N–H and O–H groups in total. The standard InChI is InChI=1S/C20H26FN3O3.HI/c1-4-22-20(24-13-15-10-17(26-3)8-9-19(15)25)23-12-14(2)27-18-7-5-6-16(21)11-18;/h5-11,14,25H,4,12-13H2,1-3H3,(H2,22,23,24);1H. The largest absolute Gasteiger partial charge is 0.508 e. The van der Waals surface area contributed by atoms with Gasteiger partial charge in [-0.05, 0) is 44.2 Å². The van der Waals surface area contributed by atoms with E-state index in [0.717, 1.165) is 0 Å². The monoisotopic (exact) mass is 503 g/mol. The van der Waals surface area contributed by atoms with E-state index in [0.29, 0.717) is 36.1 Å². The molecule has 0 aliphatic heterocycles. The molecule has 1 unspecified atom stereocenters. The molecule has 0 radical (unpaired) electrons. The smallest absolute Gasteiger partial charge is 0.191 e. The van der Waals surface area contributed by atoms with Crippen molar-refractivity contribution in [2.45, 2.75) is 26.5 Å². The van der Waals surface area contributed by atoms with E-state index in [1.165, 1.54) is 12.1 Å². The highest BCUT2D eigenvalue weighted by molar-refractivity contribution is 14.0. The highest BCUT2D eigenvalue weighted by atomic mass is 127. The minimum Gasteiger partial charge on any atom is -0.508 e. The molecule has 1 atom stereocenters. The first kappa shape index (κ1) is 23.8. The molecule has 2 aromatic carbocycles. The second kappa shape index (κ2) is 12.3. The predicted molar refractivity (Wildman–Crippen MR) is 119 cm³/mol. The summed E-state index contributed by atoms with van der Waals surface area (Å²) in [5.41, 5.74) is 0.663. The van der Waals surface area contributed by atoms with E-state index in [9.17, 15) is 9.50 Å². The fourth-order valence-electron chi connectivity index (χ4n) is 2.38. The minimum absolute atomic E-state index is 0. The van der Waals surface area contributed by atoms with Gasteiger partial charge in [0.15, 0.2) is 5.96 Å². The first-order valence-electron chi connectivity index (χ1n) is 8.82. The van der Waals surface area contributed by atoms with E-state index in [-0.39, 0.29) is 48.2 Å². The Balaban J connectivity index is 0.00000392. The van der Waals surface area contributed by atoms with Gasteiger partial charge in [-0.25, -0.2) is 9.38 Å². The summed E-state index contributed by atoms with van der Waals surface area (Å²) in [5.74, 6) is 1.56. The molecule has 0 aromatic heterocycles. The van der Waals surface area contributed by atoms with Crippen LogP contribution in [0.2, 0.25) is 0 Å². The number of aliphatic imine (C=N–C) groups is 1. The molecule has 0 saturated carbocycles. The second-order valence-corrected chi connectivity index (χ2v) is 5.96. The lowest BCUT2D eigenvalue weighted by Crippen LogP contribution is -2.41. The Hall–Kier alpha value is -2.23. The average molecular weight is 503 g/mol. The van der Waals surface area contributed by atoms with Crippen molar-refractivity contribution in [3.05, 3.63) is 53.8 Å². The Labute approximate surface area is 182 Å². The molecule has 0 spiro atoms. The van der Waals surface area contributed by atoms with Crippen molar-refractivity contribution < 1.29 is 19.0 Å². The van der Waals surface area contributed by atoms with Crippen molar-refractivity contribution in [1.29, 1.82) is 0 Å². The van der Waals surface area contributed by atoms with Gasteiger partial charge in [-0.2, -0.15) is 0 Å². The van der Waals surface area contributed by atoms with Crippen molar-refractivity contribution in [2.24, 2.45) is 4.99 Å². The summed E-state index contributed by atoms with van der Waals surface area (Å²) in [6.45, 7) is 5.31. The number of phenolic OH excluding ortho intramolecular Hbond substituents is 1. The van der Waals surface area contributed by atoms with E-state index < -0.39 is 0 Å². The number of guanidine groups is 1. The average Bonchev–Trinajstić information content (AvgIpc) is 2.65. The van der Waals surface area contributed by atoms with Gasteiger partial charge in [-0.3, -0.25) is 0 Å². The molecule has 8 heteroatoms. The van der Waals surface area contributed by atoms with Crippen LogP contribution >= 0.6 is 24.0 Å². The van der Waals surface area contributed by atoms with Crippen LogP contribution in [0.1, 0.15) is 19.4 Å². The van der Waals surface area contributed by atoms with E-state index >= 15 is 0 Å². The number of phenols is 1. The zero-order valence-electron chi connectivity index (χ0n) is 16.2. The van der Waals surface area contributed by atoms with Crippen LogP contribution in [0, 0.1) is 5.82 Å². The maximum atomic E-state index is 13.2. The Morgan fingerprint density at radius 2 is 1.96 bits per heavy atom. The van der Waals surface area contributed by atoms with Crippen LogP contribution in [-0.4, -0.2) is 37.4 Å². The normalized spacial score (nSPS) is 11.9. The van der Waals surface area contributed by atoms with Crippen LogP contribution < -0.4 is 20.1 Å². The predicted octanol–water partition coefficient (Wildman–Crippen LogP) is 3.68. The van der Waals surface area contributed by atoms with Gasteiger partial charge >= 0.3 is 0 Å². The van der Waals surface area contributed by atoms with Gasteiger partial charge in [0.1, 0.15) is 29.2 Å². The zero-order chi connectivity index (χ0) is 19.6. The molecule has 0 aliphatic rings. The second-order valence-electron chi connectivity index (χ2n) is 5.96. The molecule has 6 nitrogen and oxygen atoms in total. The summed E-state index contributed by atoms with van der Waals surface area (Å²) >= 11 is 0. The molecule has 0 bridgehead atoms. The number of aromatic hydroxyl groups is 1. The van der Waals surface area contributed by atoms with Gasteiger partial charge in [-0.15, -0.1) is 24.0 Å². The number of hydrogen-bond acceptors (Lipinski definition) is 4. The van der Waals surface area contributed by atoms with Crippen molar-refractivity contribution in [1.82, 2.24) is 10.6 Å². The minimum atomic E-state index is -0.333. The first-order valence-corrected chi connectivity index (χ1v) is 8.82. The summed E-state index contributed by atoms with van der Waals surface area (Å²) in [6, 6.07) is 11.1. The van der Waals surface area contributed by atoms with Gasteiger partial charge < -0.3 is 25.2 Å². The Morgan fingerprint density at radius 3 is 2.64 bits per heavy atom. The number of nitrogens with one attached hydrogen (secondary N) is 2. The molecule has 2 rings (SSSR count). The van der Waals surface area contributed by atoms with Crippen molar-refractivity contribution >= 4 is 29.9 Å². The van der Waals surface area contributed by atoms with Gasteiger partial charge in [-0.1, -0.05) is 6.07 Å². The van der Waals surface area contributed by atoms with Crippen LogP contribution in [0.3, 0.4) is 0 Å². The fourth-order valence-corrected chi connectivity index (χ4v) is 2.38. The molecule has 0 saturated heterocycles. The SMILES string of the molecule is CCNC(=NCc1cc(OC)ccc1O)NCC(C)Oc1cccc(F)c1.I. The molecule has 28 heavy (non-hydrogen) atoms. The van der Waals surface area contributed by atoms with Crippen LogP contribution in [0.5, 0.6) is 17.2 Å². The maximum absolute atomic E-state index is 13.2. The maximum Gasteiger partial charge on any atom is 0.191 e. The van der Waals surface area contributed by atoms with E-state index in [2.05, 4.69) is 15.6 Å². The number of ether oxygens (including phenoxy) is 2. The molecular formula is C20H27FIN3O3. The van der Waals surface area contributed by atoms with Crippen LogP contribution in [0.15, 0.2) is 47.5 Å². The van der Waals surface area contributed by atoms with Gasteiger partial charge in [0.25, 0.3) is 0 Å². The molecule has 0 fully saturated rings. The molecule has 2 aromatic rings. The molecule has 0 heterocycles. The van der Waals surface area contributed by atoms with E-state index in [1.807, 2.05) is 13.8 Å². The third-order valence-electron chi connectivity index (χ3n) is 3.73. The van der Waals surface area contributed by atoms with E-state index in [4.69, 9.17) is 9.47 Å². The van der Waals surface area contributed by atoms with Crippen LogP contribution in [0.4, 0.5) is 4.39 Å². The summed E-state index contributed by atoms with van der Waals surface area (Å²) in [5, 5.41) is 16.3. The molecule has 0 aliphatic carbocycles. The quantitative estimate of drug-likeness (QED) is 0.291. The number of hydrogen-bond donors (Lipinski definition) is 3. The van der Waals surface area contributed by atoms with Gasteiger partial charge in [0, 0.05) is 18.2 Å². The number of methoxy groups -OCH3 is 1. The molecule has 154 valence electrons. The first-order chi connectivity index (χ1) is 13.0. The number of benzene rings is 2. The number of nitrogens with zero attached hydrogens (tertiary/aromatic N) is 1. The van der Waals surface area contributed by atoms with Crippen molar-refractivity contribution in [3.8, 4) is 17.2 Å². The number of halogens is 2. The lowest BCUT2D eigenvalue weighted by Gasteiger charge is -2.18. The summed E-state index contributed by atoms with van der Waals surface area (Å²) < 4.78 is 24.1. The third kappa shape index (κ3) is 7.79. The van der Waals surface area contributed by atoms with Crippen molar-refractivity contribution in [3.63, 3.8) is 0 Å². The fraction of sp³-hybridized carbons (Fsp3) is 0.350. The van der Waals surface area contributed by atoms with Crippen LogP contribution in [0.25, 0.3) is 0 Å². The topological polar surface area (TPSA) is 75.1 Å². The van der Waals surface area contributed by atoms with Gasteiger partial charge in [0.2, 0.25) is 0 Å². The zero-order valence-corrected chi connectivity index (χ0v) is 18.6. The van der Waals surface area contributed by atoms with Crippen LogP contribution in [-0.2, 0) is 6.54 Å². The lowest BCUT2D eigenvalue weighted by molar-refractivity contribution is 0.223. The molecular weight excluding hydrogens is 476 g/mol. The summed E-state index contributed by atoms with van der Waals surface area (Å²) in [6.07, 6.45) is -0.194. The van der Waals surface area contributed by atoms with E-state index in [1.54, 1.807) is 37.4 Å². The highest BCUT2D eigenvalue weighted by Crippen LogP contribution is 2.23. The molecule has 0 amide bonds. The highest BCUT2D eigenvalue weighted by Gasteiger charge is 2.08. The van der Waals surface area contributed by atoms with Gasteiger partial charge in [0.05, 0.1) is 20.2 Å². The van der Waals surface area contributed by atoms with Crippen molar-refractivity contribution in [2.75, 3.05) is 20.2 Å². The summed E-state index contributed by atoms with van der Waals surface area (Å²) in [7, 11) is 1.57. The lowest BCUT2D eigenvalue weighted by atomic mass is 10.2. The third-order valence-corrected chi connectivity index (χ3v) is 3.73. The Morgan fingerprint density at radius 1 is 1.18 bits per heavy atom. The summed E-state index contributed by atoms with van der Waals surface area (Å²) in [4.78, 5) is 4.48.